The molecule has 0 heterocycles. The number of diazo groups is 1. The lowest BCUT2D eigenvalue weighted by atomic mass is 9.99. The van der Waals surface area contributed by atoms with Crippen molar-refractivity contribution in [2.75, 3.05) is 0 Å². The van der Waals surface area contributed by atoms with E-state index in [-0.39, 0.29) is 11.9 Å². The van der Waals surface area contributed by atoms with E-state index < -0.39 is 11.7 Å². The fourth-order valence-corrected chi connectivity index (χ4v) is 1.61. The van der Waals surface area contributed by atoms with E-state index in [9.17, 15) is 4.79 Å². The molecule has 1 N–H and O–H groups in total. The van der Waals surface area contributed by atoms with Crippen LogP contribution in [0.1, 0.15) is 33.1 Å². The minimum absolute atomic E-state index is 0.294. The molecule has 0 amide bonds. The van der Waals surface area contributed by atoms with E-state index in [0.29, 0.717) is 0 Å². The summed E-state index contributed by atoms with van der Waals surface area (Å²) in [6.07, 6.45) is 4.32. The number of allylic oxidation sites excluding steroid dienone is 2. The molecular formula is C11H15N2O3+. The van der Waals surface area contributed by atoms with E-state index in [1.54, 1.807) is 0 Å². The molecule has 0 aromatic carbocycles. The van der Waals surface area contributed by atoms with Crippen LogP contribution < -0.4 is 0 Å². The van der Waals surface area contributed by atoms with Crippen LogP contribution in [-0.4, -0.2) is 17.2 Å². The van der Waals surface area contributed by atoms with Gasteiger partial charge in [0.25, 0.3) is 0 Å². The molecule has 0 aliphatic heterocycles. The predicted octanol–water partition coefficient (Wildman–Crippen LogP) is 2.67. The molecule has 1 aliphatic carbocycles. The van der Waals surface area contributed by atoms with Gasteiger partial charge in [-0.15, -0.1) is 0 Å². The first-order valence-corrected chi connectivity index (χ1v) is 5.17. The van der Waals surface area contributed by atoms with E-state index in [1.807, 2.05) is 13.0 Å². The van der Waals surface area contributed by atoms with Crippen LogP contribution >= 0.6 is 0 Å². The molecule has 1 rings (SSSR count). The average molecular weight is 223 g/mol. The normalized spacial score (nSPS) is 21.6. The Labute approximate surface area is 94.0 Å². The van der Waals surface area contributed by atoms with E-state index in [1.165, 1.54) is 12.5 Å². The predicted molar refractivity (Wildman–Crippen MR) is 57.9 cm³/mol. The molecule has 0 unspecified atom stereocenters. The number of hydrogen-bond donors (Lipinski definition) is 1. The Hall–Kier alpha value is -1.83. The minimum atomic E-state index is -0.807. The van der Waals surface area contributed by atoms with Gasteiger partial charge in [0.1, 0.15) is 6.10 Å². The van der Waals surface area contributed by atoms with Crippen molar-refractivity contribution in [3.63, 3.8) is 0 Å². The van der Waals surface area contributed by atoms with Crippen molar-refractivity contribution in [3.05, 3.63) is 28.1 Å². The molecule has 1 atom stereocenters. The molecule has 0 aromatic rings. The van der Waals surface area contributed by atoms with Crippen molar-refractivity contribution in [3.8, 4) is 0 Å². The van der Waals surface area contributed by atoms with Gasteiger partial charge in [-0.3, -0.25) is 0 Å². The van der Waals surface area contributed by atoms with Crippen LogP contribution in [0.15, 0.2) is 23.1 Å². The second kappa shape index (κ2) is 5.31. The van der Waals surface area contributed by atoms with Crippen LogP contribution in [0.25, 0.3) is 4.98 Å². The van der Waals surface area contributed by atoms with Crippen molar-refractivity contribution in [2.45, 2.75) is 39.2 Å². The summed E-state index contributed by atoms with van der Waals surface area (Å²) in [7, 11) is 0. The van der Waals surface area contributed by atoms with E-state index in [2.05, 4.69) is 4.98 Å². The smallest absolute Gasteiger partial charge is 0.504 e. The van der Waals surface area contributed by atoms with Crippen LogP contribution in [-0.2, 0) is 9.53 Å². The summed E-state index contributed by atoms with van der Waals surface area (Å²) in [5.74, 6) is -1.16. The monoisotopic (exact) mass is 223 g/mol. The number of carbonyl (C=O) groups is 1. The fraction of sp³-hybridized carbons (Fsp3) is 0.545. The standard InChI is InChI=1S/C11H14N2O3/c1-7-4-3-5-9(6-7)16-11(15)10(13-12)8(2)14/h6,9H,3-5H2,1-2H3/p+1/t9-/m1/s1. The number of ether oxygens (including phenoxy) is 1. The van der Waals surface area contributed by atoms with Crippen LogP contribution in [0.3, 0.4) is 0 Å². The summed E-state index contributed by atoms with van der Waals surface area (Å²) in [5.41, 5.74) is 0.730. The molecule has 86 valence electrons. The average Bonchev–Trinajstić information content (AvgIpc) is 2.17. The Morgan fingerprint density at radius 3 is 2.88 bits per heavy atom. The van der Waals surface area contributed by atoms with Crippen LogP contribution in [0, 0.1) is 5.39 Å². The van der Waals surface area contributed by atoms with Gasteiger partial charge in [-0.05, 0) is 32.3 Å². The van der Waals surface area contributed by atoms with Gasteiger partial charge < -0.3 is 9.84 Å². The molecule has 0 spiro atoms. The zero-order chi connectivity index (χ0) is 12.1. The van der Waals surface area contributed by atoms with Crippen molar-refractivity contribution in [2.24, 2.45) is 0 Å². The number of hydrogen-bond acceptors (Lipinski definition) is 4. The Kier molecular flexibility index (Phi) is 4.06. The maximum Gasteiger partial charge on any atom is 0.504 e. The van der Waals surface area contributed by atoms with Crippen molar-refractivity contribution >= 4 is 5.97 Å². The Morgan fingerprint density at radius 1 is 1.69 bits per heavy atom. The minimum Gasteiger partial charge on any atom is -0.505 e. The summed E-state index contributed by atoms with van der Waals surface area (Å²) < 4.78 is 5.09. The number of aliphatic hydroxyl groups excluding tert-OH is 1. The van der Waals surface area contributed by atoms with Gasteiger partial charge in [0, 0.05) is 6.92 Å². The molecule has 5 heteroatoms. The number of nitrogens with zero attached hydrogens (tertiary/aromatic N) is 2. The van der Waals surface area contributed by atoms with Crippen molar-refractivity contribution in [1.29, 1.82) is 5.39 Å². The highest BCUT2D eigenvalue weighted by Crippen LogP contribution is 2.20. The van der Waals surface area contributed by atoms with Gasteiger partial charge in [0.15, 0.2) is 10.7 Å². The fourth-order valence-electron chi connectivity index (χ4n) is 1.61. The lowest BCUT2D eigenvalue weighted by Crippen LogP contribution is -2.19. The summed E-state index contributed by atoms with van der Waals surface area (Å²) in [6.45, 7) is 3.24. The Balaban J connectivity index is 2.69. The summed E-state index contributed by atoms with van der Waals surface area (Å²) >= 11 is 0. The Morgan fingerprint density at radius 2 is 2.38 bits per heavy atom. The summed E-state index contributed by atoms with van der Waals surface area (Å²) in [5, 5.41) is 17.6. The summed E-state index contributed by atoms with van der Waals surface area (Å²) in [4.78, 5) is 14.2. The second-order valence-electron chi connectivity index (χ2n) is 3.88. The number of carbonyl (C=O) groups excluding carboxylic acids is 1. The van der Waals surface area contributed by atoms with Gasteiger partial charge in [0.2, 0.25) is 5.39 Å². The molecule has 0 saturated heterocycles. The number of esters is 1. The zero-order valence-electron chi connectivity index (χ0n) is 9.43. The molecular weight excluding hydrogens is 208 g/mol. The van der Waals surface area contributed by atoms with Crippen LogP contribution in [0.2, 0.25) is 0 Å². The third kappa shape index (κ3) is 3.09. The third-order valence-electron chi connectivity index (χ3n) is 2.42. The van der Waals surface area contributed by atoms with Crippen LogP contribution in [0.4, 0.5) is 0 Å². The molecule has 0 aromatic heterocycles. The van der Waals surface area contributed by atoms with Gasteiger partial charge in [-0.25, -0.2) is 4.79 Å². The molecule has 5 nitrogen and oxygen atoms in total. The van der Waals surface area contributed by atoms with Crippen molar-refractivity contribution in [1.82, 2.24) is 0 Å². The number of aliphatic hydroxyl groups is 1. The van der Waals surface area contributed by atoms with Gasteiger partial charge >= 0.3 is 11.7 Å². The quantitative estimate of drug-likeness (QED) is 0.257. The third-order valence-corrected chi connectivity index (χ3v) is 2.42. The highest BCUT2D eigenvalue weighted by atomic mass is 16.5. The summed E-state index contributed by atoms with van der Waals surface area (Å²) in [6, 6.07) is 0. The highest BCUT2D eigenvalue weighted by Gasteiger charge is 2.31. The molecule has 0 fully saturated rings. The maximum absolute atomic E-state index is 11.5. The van der Waals surface area contributed by atoms with E-state index in [0.717, 1.165) is 19.3 Å². The SMILES string of the molecule is CC1=C[C@H](OC(=O)C([N+]#N)=C(C)O)CCC1. The molecule has 0 bridgehead atoms. The first kappa shape index (κ1) is 12.2. The van der Waals surface area contributed by atoms with Gasteiger partial charge in [-0.2, -0.15) is 0 Å². The first-order valence-electron chi connectivity index (χ1n) is 5.17. The molecule has 0 radical (unpaired) electrons. The van der Waals surface area contributed by atoms with E-state index in [4.69, 9.17) is 15.2 Å². The lowest BCUT2D eigenvalue weighted by Gasteiger charge is -2.18. The van der Waals surface area contributed by atoms with Gasteiger partial charge in [-0.1, -0.05) is 5.57 Å². The molecule has 0 saturated carbocycles. The Bertz CT molecular complexity index is 387. The second-order valence-corrected chi connectivity index (χ2v) is 3.88. The van der Waals surface area contributed by atoms with Gasteiger partial charge in [0.05, 0.1) is 0 Å². The first-order chi connectivity index (χ1) is 7.54. The van der Waals surface area contributed by atoms with E-state index >= 15 is 0 Å². The van der Waals surface area contributed by atoms with Crippen LogP contribution in [0.5, 0.6) is 0 Å². The highest BCUT2D eigenvalue weighted by molar-refractivity contribution is 5.90. The largest absolute Gasteiger partial charge is 0.505 e. The topological polar surface area (TPSA) is 74.7 Å². The lowest BCUT2D eigenvalue weighted by molar-refractivity contribution is -0.142. The maximum atomic E-state index is 11.5. The molecule has 1 aliphatic rings. The number of rotatable bonds is 2. The van der Waals surface area contributed by atoms with Crippen molar-refractivity contribution < 1.29 is 14.6 Å². The zero-order valence-corrected chi connectivity index (χ0v) is 9.43. The molecule has 16 heavy (non-hydrogen) atoms.